The molecule has 0 saturated carbocycles. The minimum absolute atomic E-state index is 0.140. The molecule has 2 aromatic heterocycles. The molecule has 0 fully saturated rings. The summed E-state index contributed by atoms with van der Waals surface area (Å²) in [6.07, 6.45) is 0. The van der Waals surface area contributed by atoms with Crippen molar-refractivity contribution in [2.24, 2.45) is 0 Å². The Bertz CT molecular complexity index is 1330. The van der Waals surface area contributed by atoms with Gasteiger partial charge < -0.3 is 9.72 Å². The van der Waals surface area contributed by atoms with Gasteiger partial charge in [0.15, 0.2) is 0 Å². The fourth-order valence-electron chi connectivity index (χ4n) is 3.66. The summed E-state index contributed by atoms with van der Waals surface area (Å²) in [4.78, 5) is 15.8. The fourth-order valence-corrected chi connectivity index (χ4v) is 3.66. The van der Waals surface area contributed by atoms with Crippen molar-refractivity contribution in [3.05, 3.63) is 83.3 Å². The van der Waals surface area contributed by atoms with Crippen LogP contribution in [0.25, 0.3) is 38.4 Å². The second-order valence-electron chi connectivity index (χ2n) is 6.20. The van der Waals surface area contributed by atoms with Crippen LogP contribution >= 0.6 is 0 Å². The van der Waals surface area contributed by atoms with Gasteiger partial charge in [0.05, 0.1) is 23.7 Å². The van der Waals surface area contributed by atoms with Crippen molar-refractivity contribution < 1.29 is 4.74 Å². The number of hydrogen-bond donors (Lipinski definition) is 1. The van der Waals surface area contributed by atoms with Crippen LogP contribution < -0.4 is 10.4 Å². The van der Waals surface area contributed by atoms with E-state index >= 15 is 0 Å². The molecule has 2 heterocycles. The van der Waals surface area contributed by atoms with Crippen LogP contribution in [-0.2, 0) is 0 Å². The van der Waals surface area contributed by atoms with Crippen molar-refractivity contribution in [1.82, 2.24) is 9.38 Å². The number of nitrogens with zero attached hydrogens (tertiary/aromatic N) is 1. The van der Waals surface area contributed by atoms with E-state index in [1.807, 2.05) is 60.7 Å². The SMILES string of the molecule is COc1[c-]cc(-c2c3ccccc3n3c(=O)[nH]c4ccccc4c23)cc1. The molecule has 0 aliphatic heterocycles. The minimum Gasteiger partial charge on any atom is -0.523 e. The van der Waals surface area contributed by atoms with Gasteiger partial charge in [-0.05, 0) is 23.1 Å². The van der Waals surface area contributed by atoms with E-state index in [-0.39, 0.29) is 5.69 Å². The quantitative estimate of drug-likeness (QED) is 0.484. The summed E-state index contributed by atoms with van der Waals surface area (Å²) in [5.74, 6) is 0.685. The summed E-state index contributed by atoms with van der Waals surface area (Å²) in [6.45, 7) is 0. The predicted octanol–water partition coefficient (Wildman–Crippen LogP) is 4.41. The third-order valence-corrected chi connectivity index (χ3v) is 4.79. The lowest BCUT2D eigenvalue weighted by molar-refractivity contribution is 0.414. The van der Waals surface area contributed by atoms with Crippen LogP contribution in [0, 0.1) is 6.07 Å². The first-order valence-corrected chi connectivity index (χ1v) is 8.38. The van der Waals surface area contributed by atoms with Gasteiger partial charge in [-0.2, -0.15) is 12.1 Å². The Morgan fingerprint density at radius 1 is 0.962 bits per heavy atom. The average molecular weight is 339 g/mol. The number of nitrogens with one attached hydrogen (secondary N) is 1. The summed E-state index contributed by atoms with van der Waals surface area (Å²) in [6, 6.07) is 24.8. The molecular formula is C22H15N2O2-. The molecular weight excluding hydrogens is 324 g/mol. The third kappa shape index (κ3) is 1.99. The molecule has 0 atom stereocenters. The van der Waals surface area contributed by atoms with Gasteiger partial charge in [0.25, 0.3) is 0 Å². The van der Waals surface area contributed by atoms with Crippen LogP contribution in [0.3, 0.4) is 0 Å². The molecule has 5 rings (SSSR count). The van der Waals surface area contributed by atoms with Crippen LogP contribution in [0.15, 0.2) is 71.5 Å². The Balaban J connectivity index is 2.04. The molecule has 4 nitrogen and oxygen atoms in total. The number of hydrogen-bond acceptors (Lipinski definition) is 2. The van der Waals surface area contributed by atoms with Gasteiger partial charge in [-0.25, -0.2) is 4.79 Å². The topological polar surface area (TPSA) is 46.5 Å². The van der Waals surface area contributed by atoms with Gasteiger partial charge >= 0.3 is 5.69 Å². The summed E-state index contributed by atoms with van der Waals surface area (Å²) >= 11 is 0. The van der Waals surface area contributed by atoms with E-state index in [1.165, 1.54) is 0 Å². The van der Waals surface area contributed by atoms with E-state index in [2.05, 4.69) is 17.1 Å². The number of aromatic amines is 1. The largest absolute Gasteiger partial charge is 0.523 e. The zero-order chi connectivity index (χ0) is 17.7. The summed E-state index contributed by atoms with van der Waals surface area (Å²) < 4.78 is 7.00. The highest BCUT2D eigenvalue weighted by Crippen LogP contribution is 2.37. The van der Waals surface area contributed by atoms with Crippen LogP contribution in [0.4, 0.5) is 0 Å². The monoisotopic (exact) mass is 339 g/mol. The van der Waals surface area contributed by atoms with Crippen molar-refractivity contribution in [2.75, 3.05) is 7.11 Å². The molecule has 0 aliphatic carbocycles. The predicted molar refractivity (Wildman–Crippen MR) is 104 cm³/mol. The number of methoxy groups -OCH3 is 1. The van der Waals surface area contributed by atoms with Crippen LogP contribution in [0.2, 0.25) is 0 Å². The van der Waals surface area contributed by atoms with E-state index in [0.717, 1.165) is 38.4 Å². The minimum atomic E-state index is -0.140. The molecule has 3 aromatic carbocycles. The molecule has 126 valence electrons. The number of H-pyrrole nitrogens is 1. The lowest BCUT2D eigenvalue weighted by Gasteiger charge is -2.12. The number of rotatable bonds is 2. The van der Waals surface area contributed by atoms with E-state index in [9.17, 15) is 4.79 Å². The summed E-state index contributed by atoms with van der Waals surface area (Å²) in [7, 11) is 1.63. The van der Waals surface area contributed by atoms with E-state index < -0.39 is 0 Å². The van der Waals surface area contributed by atoms with E-state index in [4.69, 9.17) is 4.74 Å². The number of benzene rings is 3. The van der Waals surface area contributed by atoms with Crippen molar-refractivity contribution in [3.63, 3.8) is 0 Å². The Hall–Kier alpha value is -3.53. The first-order chi connectivity index (χ1) is 12.8. The first kappa shape index (κ1) is 14.8. The van der Waals surface area contributed by atoms with Gasteiger partial charge in [-0.1, -0.05) is 36.4 Å². The second-order valence-corrected chi connectivity index (χ2v) is 6.20. The maximum Gasteiger partial charge on any atom is 0.330 e. The van der Waals surface area contributed by atoms with Crippen LogP contribution in [0.1, 0.15) is 0 Å². The molecule has 26 heavy (non-hydrogen) atoms. The highest BCUT2D eigenvalue weighted by molar-refractivity contribution is 6.13. The Morgan fingerprint density at radius 3 is 2.50 bits per heavy atom. The first-order valence-electron chi connectivity index (χ1n) is 8.38. The molecule has 0 radical (unpaired) electrons. The molecule has 4 heteroatoms. The molecule has 5 aromatic rings. The zero-order valence-corrected chi connectivity index (χ0v) is 14.1. The number of fused-ring (bicyclic) bond motifs is 5. The molecule has 0 spiro atoms. The molecule has 1 N–H and O–H groups in total. The molecule has 0 aliphatic rings. The normalized spacial score (nSPS) is 11.4. The second kappa shape index (κ2) is 5.49. The molecule has 0 unspecified atom stereocenters. The van der Waals surface area contributed by atoms with Crippen molar-refractivity contribution in [3.8, 4) is 16.9 Å². The Morgan fingerprint density at radius 2 is 1.73 bits per heavy atom. The smallest absolute Gasteiger partial charge is 0.330 e. The van der Waals surface area contributed by atoms with Gasteiger partial charge in [0.2, 0.25) is 0 Å². The lowest BCUT2D eigenvalue weighted by atomic mass is 10.0. The number of para-hydroxylation sites is 2. The van der Waals surface area contributed by atoms with Gasteiger partial charge in [-0.15, -0.1) is 17.7 Å². The van der Waals surface area contributed by atoms with Crippen LogP contribution in [-0.4, -0.2) is 16.5 Å². The summed E-state index contributed by atoms with van der Waals surface area (Å²) in [5, 5.41) is 2.04. The van der Waals surface area contributed by atoms with E-state index in [0.29, 0.717) is 5.75 Å². The third-order valence-electron chi connectivity index (χ3n) is 4.79. The Labute approximate surface area is 149 Å². The number of ether oxygens (including phenoxy) is 1. The average Bonchev–Trinajstić information content (AvgIpc) is 3.04. The molecule has 0 bridgehead atoms. The van der Waals surface area contributed by atoms with E-state index in [1.54, 1.807) is 11.5 Å². The van der Waals surface area contributed by atoms with Crippen molar-refractivity contribution >= 4 is 27.3 Å². The van der Waals surface area contributed by atoms with Gasteiger partial charge in [0, 0.05) is 11.1 Å². The van der Waals surface area contributed by atoms with Crippen molar-refractivity contribution in [1.29, 1.82) is 0 Å². The number of aromatic nitrogens is 2. The standard InChI is InChI=1S/C22H15N2O2/c1-26-15-12-10-14(11-13-15)20-17-7-3-5-9-19(17)24-21(20)16-6-2-4-8-18(16)23-22(24)25/h2-12H,1H3,(H,23,25)/q-1. The zero-order valence-electron chi connectivity index (χ0n) is 14.1. The Kier molecular flexibility index (Phi) is 3.12. The van der Waals surface area contributed by atoms with Gasteiger partial charge in [0.1, 0.15) is 0 Å². The highest BCUT2D eigenvalue weighted by Gasteiger charge is 2.15. The molecule has 0 saturated heterocycles. The maximum atomic E-state index is 12.8. The van der Waals surface area contributed by atoms with Gasteiger partial charge in [-0.3, -0.25) is 4.40 Å². The summed E-state index contributed by atoms with van der Waals surface area (Å²) in [5.41, 5.74) is 4.51. The van der Waals surface area contributed by atoms with Crippen LogP contribution in [0.5, 0.6) is 5.75 Å². The fraction of sp³-hybridized carbons (Fsp3) is 0.0455. The molecule has 0 amide bonds. The lowest BCUT2D eigenvalue weighted by Crippen LogP contribution is -2.15. The highest BCUT2D eigenvalue weighted by atomic mass is 16.5. The van der Waals surface area contributed by atoms with Crippen molar-refractivity contribution in [2.45, 2.75) is 0 Å². The maximum absolute atomic E-state index is 12.8.